The van der Waals surface area contributed by atoms with Gasteiger partial charge in [-0.1, -0.05) is 45.0 Å². The highest BCUT2D eigenvalue weighted by atomic mass is 16.6. The summed E-state index contributed by atoms with van der Waals surface area (Å²) in [6, 6.07) is 7.75. The standard InChI is InChI=1S/C15H17N3O4/c1-15(2,3)11-6-4-10(5-7-11)8-22-14-12(18(20)21)13(19)16-9-17-14/h4-7,9H,8H2,1-3H3,(H,16,17,19). The molecule has 0 aliphatic heterocycles. The van der Waals surface area contributed by atoms with Gasteiger partial charge in [-0.05, 0) is 16.5 Å². The first kappa shape index (κ1) is 15.7. The number of hydrogen-bond acceptors (Lipinski definition) is 5. The highest BCUT2D eigenvalue weighted by molar-refractivity contribution is 5.37. The molecule has 0 fully saturated rings. The zero-order valence-corrected chi connectivity index (χ0v) is 12.6. The Balaban J connectivity index is 2.16. The second-order valence-electron chi connectivity index (χ2n) is 5.88. The van der Waals surface area contributed by atoms with Crippen molar-refractivity contribution in [1.82, 2.24) is 9.97 Å². The molecule has 1 N–H and O–H groups in total. The van der Waals surface area contributed by atoms with E-state index in [0.717, 1.165) is 11.9 Å². The minimum Gasteiger partial charge on any atom is -0.468 e. The van der Waals surface area contributed by atoms with E-state index < -0.39 is 16.2 Å². The number of H-pyrrole nitrogens is 1. The summed E-state index contributed by atoms with van der Waals surface area (Å²) in [7, 11) is 0. The van der Waals surface area contributed by atoms with Gasteiger partial charge in [-0.3, -0.25) is 14.9 Å². The first-order chi connectivity index (χ1) is 10.3. The predicted molar refractivity (Wildman–Crippen MR) is 81.0 cm³/mol. The summed E-state index contributed by atoms with van der Waals surface area (Å²) in [6.07, 6.45) is 1.08. The number of nitrogens with zero attached hydrogens (tertiary/aromatic N) is 2. The van der Waals surface area contributed by atoms with Crippen molar-refractivity contribution in [1.29, 1.82) is 0 Å². The van der Waals surface area contributed by atoms with Gasteiger partial charge in [-0.15, -0.1) is 0 Å². The zero-order valence-electron chi connectivity index (χ0n) is 12.6. The van der Waals surface area contributed by atoms with E-state index in [1.165, 1.54) is 5.56 Å². The second kappa shape index (κ2) is 5.97. The highest BCUT2D eigenvalue weighted by Crippen LogP contribution is 2.23. The number of aromatic nitrogens is 2. The van der Waals surface area contributed by atoms with Crippen LogP contribution in [0.15, 0.2) is 35.4 Å². The Labute approximate surface area is 127 Å². The van der Waals surface area contributed by atoms with Gasteiger partial charge in [-0.2, -0.15) is 4.98 Å². The average Bonchev–Trinajstić information content (AvgIpc) is 2.44. The van der Waals surface area contributed by atoms with E-state index in [1.807, 2.05) is 24.3 Å². The van der Waals surface area contributed by atoms with E-state index in [-0.39, 0.29) is 17.9 Å². The maximum absolute atomic E-state index is 11.4. The van der Waals surface area contributed by atoms with E-state index in [1.54, 1.807) is 0 Å². The zero-order chi connectivity index (χ0) is 16.3. The fourth-order valence-electron chi connectivity index (χ4n) is 1.90. The molecule has 116 valence electrons. The SMILES string of the molecule is CC(C)(C)c1ccc(COc2nc[nH]c(=O)c2[N+](=O)[O-])cc1. The molecule has 2 aromatic rings. The molecule has 0 aliphatic rings. The number of benzene rings is 1. The van der Waals surface area contributed by atoms with E-state index in [9.17, 15) is 14.9 Å². The van der Waals surface area contributed by atoms with E-state index in [4.69, 9.17) is 4.74 Å². The quantitative estimate of drug-likeness (QED) is 0.691. The van der Waals surface area contributed by atoms with Crippen molar-refractivity contribution >= 4 is 5.69 Å². The minimum absolute atomic E-state index is 0.0481. The van der Waals surface area contributed by atoms with Crippen LogP contribution in [-0.2, 0) is 12.0 Å². The number of nitrogens with one attached hydrogen (secondary N) is 1. The normalized spacial score (nSPS) is 11.2. The Kier molecular flexibility index (Phi) is 4.25. The first-order valence-electron chi connectivity index (χ1n) is 6.73. The topological polar surface area (TPSA) is 98.1 Å². The summed E-state index contributed by atoms with van der Waals surface area (Å²) < 4.78 is 5.32. The lowest BCUT2D eigenvalue weighted by atomic mass is 9.87. The van der Waals surface area contributed by atoms with Gasteiger partial charge in [0.2, 0.25) is 0 Å². The predicted octanol–water partition coefficient (Wildman–Crippen LogP) is 2.55. The molecule has 0 aliphatic carbocycles. The van der Waals surface area contributed by atoms with Gasteiger partial charge in [-0.25, -0.2) is 0 Å². The molecule has 0 atom stereocenters. The van der Waals surface area contributed by atoms with Crippen molar-refractivity contribution in [2.75, 3.05) is 0 Å². The monoisotopic (exact) mass is 303 g/mol. The van der Waals surface area contributed by atoms with Crippen LogP contribution in [0, 0.1) is 10.1 Å². The summed E-state index contributed by atoms with van der Waals surface area (Å²) in [5, 5.41) is 10.9. The Bertz CT molecular complexity index is 730. The van der Waals surface area contributed by atoms with Crippen LogP contribution < -0.4 is 10.3 Å². The van der Waals surface area contributed by atoms with Crippen LogP contribution in [0.25, 0.3) is 0 Å². The molecule has 22 heavy (non-hydrogen) atoms. The fourth-order valence-corrected chi connectivity index (χ4v) is 1.90. The molecule has 7 nitrogen and oxygen atoms in total. The summed E-state index contributed by atoms with van der Waals surface area (Å²) in [5.41, 5.74) is 0.541. The Morgan fingerprint density at radius 1 is 1.27 bits per heavy atom. The number of nitro groups is 1. The van der Waals surface area contributed by atoms with Crippen LogP contribution >= 0.6 is 0 Å². The van der Waals surface area contributed by atoms with Crippen LogP contribution in [-0.4, -0.2) is 14.9 Å². The lowest BCUT2D eigenvalue weighted by Gasteiger charge is -2.19. The molecule has 1 aromatic carbocycles. The van der Waals surface area contributed by atoms with Crippen molar-refractivity contribution in [3.8, 4) is 5.88 Å². The molecule has 7 heteroatoms. The van der Waals surface area contributed by atoms with Crippen LogP contribution in [0.5, 0.6) is 5.88 Å². The minimum atomic E-state index is -0.835. The molecular weight excluding hydrogens is 286 g/mol. The van der Waals surface area contributed by atoms with Gasteiger partial charge in [0.25, 0.3) is 0 Å². The van der Waals surface area contributed by atoms with E-state index in [0.29, 0.717) is 0 Å². The molecule has 1 heterocycles. The Morgan fingerprint density at radius 2 is 1.91 bits per heavy atom. The maximum Gasteiger partial charge on any atom is 0.395 e. The first-order valence-corrected chi connectivity index (χ1v) is 6.73. The highest BCUT2D eigenvalue weighted by Gasteiger charge is 2.22. The summed E-state index contributed by atoms with van der Waals surface area (Å²) >= 11 is 0. The molecule has 1 aromatic heterocycles. The summed E-state index contributed by atoms with van der Waals surface area (Å²) in [6.45, 7) is 6.44. The number of ether oxygens (including phenoxy) is 1. The molecule has 0 amide bonds. The van der Waals surface area contributed by atoms with Crippen LogP contribution in [0.4, 0.5) is 5.69 Å². The number of rotatable bonds is 4. The Morgan fingerprint density at radius 3 is 2.45 bits per heavy atom. The van der Waals surface area contributed by atoms with Gasteiger partial charge < -0.3 is 9.72 Å². The summed E-state index contributed by atoms with van der Waals surface area (Å²) in [5.74, 6) is -0.284. The molecule has 0 unspecified atom stereocenters. The number of aromatic amines is 1. The van der Waals surface area contributed by atoms with E-state index >= 15 is 0 Å². The third-order valence-electron chi connectivity index (χ3n) is 3.17. The smallest absolute Gasteiger partial charge is 0.395 e. The largest absolute Gasteiger partial charge is 0.468 e. The average molecular weight is 303 g/mol. The number of hydrogen-bond donors (Lipinski definition) is 1. The molecule has 2 rings (SSSR count). The van der Waals surface area contributed by atoms with Crippen molar-refractivity contribution in [3.05, 3.63) is 62.2 Å². The van der Waals surface area contributed by atoms with Crippen LogP contribution in [0.2, 0.25) is 0 Å². The lowest BCUT2D eigenvalue weighted by Crippen LogP contribution is -2.14. The van der Waals surface area contributed by atoms with Gasteiger partial charge in [0.1, 0.15) is 6.61 Å². The fraction of sp³-hybridized carbons (Fsp3) is 0.333. The molecule has 0 saturated heterocycles. The van der Waals surface area contributed by atoms with Crippen molar-refractivity contribution < 1.29 is 9.66 Å². The van der Waals surface area contributed by atoms with Gasteiger partial charge >= 0.3 is 17.1 Å². The van der Waals surface area contributed by atoms with Gasteiger partial charge in [0, 0.05) is 0 Å². The molecule has 0 saturated carbocycles. The second-order valence-corrected chi connectivity index (χ2v) is 5.88. The summed E-state index contributed by atoms with van der Waals surface area (Å²) in [4.78, 5) is 27.4. The van der Waals surface area contributed by atoms with Crippen LogP contribution in [0.3, 0.4) is 0 Å². The van der Waals surface area contributed by atoms with Crippen molar-refractivity contribution in [2.45, 2.75) is 32.8 Å². The molecule has 0 spiro atoms. The third kappa shape index (κ3) is 3.49. The van der Waals surface area contributed by atoms with Crippen LogP contribution in [0.1, 0.15) is 31.9 Å². The van der Waals surface area contributed by atoms with Crippen molar-refractivity contribution in [2.24, 2.45) is 0 Å². The molecular formula is C15H17N3O4. The van der Waals surface area contributed by atoms with Gasteiger partial charge in [0.15, 0.2) is 0 Å². The molecule has 0 bridgehead atoms. The third-order valence-corrected chi connectivity index (χ3v) is 3.17. The van der Waals surface area contributed by atoms with E-state index in [2.05, 4.69) is 30.7 Å². The molecule has 0 radical (unpaired) electrons. The lowest BCUT2D eigenvalue weighted by molar-refractivity contribution is -0.387. The maximum atomic E-state index is 11.4. The van der Waals surface area contributed by atoms with Crippen molar-refractivity contribution in [3.63, 3.8) is 0 Å². The van der Waals surface area contributed by atoms with Gasteiger partial charge in [0.05, 0.1) is 11.3 Å². The Hall–Kier alpha value is -2.70.